The number of anilines is 1. The van der Waals surface area contributed by atoms with Gasteiger partial charge in [-0.3, -0.25) is 0 Å². The highest BCUT2D eigenvalue weighted by atomic mass is 15.3. The summed E-state index contributed by atoms with van der Waals surface area (Å²) in [6.45, 7) is 12.9. The minimum Gasteiger partial charge on any atom is -0.338 e. The molecule has 0 saturated carbocycles. The van der Waals surface area contributed by atoms with Crippen LogP contribution in [0.2, 0.25) is 0 Å². The van der Waals surface area contributed by atoms with Crippen LogP contribution in [0, 0.1) is 12.8 Å². The molecule has 0 aromatic carbocycles. The molecule has 1 aromatic heterocycles. The zero-order valence-electron chi connectivity index (χ0n) is 12.8. The standard InChI is InChI=1S/C15H26N4/c1-10(2)16-7-14-8-17-15(18-13(14)5)19-9-11(3)6-12(19)4/h8,10-12,16H,6-7,9H2,1-5H3. The van der Waals surface area contributed by atoms with Crippen molar-refractivity contribution in [1.82, 2.24) is 15.3 Å². The third-order valence-electron chi connectivity index (χ3n) is 3.81. The van der Waals surface area contributed by atoms with E-state index in [-0.39, 0.29) is 0 Å². The fourth-order valence-electron chi connectivity index (χ4n) is 2.68. The molecule has 2 heterocycles. The monoisotopic (exact) mass is 262 g/mol. The highest BCUT2D eigenvalue weighted by molar-refractivity contribution is 5.36. The van der Waals surface area contributed by atoms with Crippen molar-refractivity contribution in [3.63, 3.8) is 0 Å². The first-order chi connectivity index (χ1) is 8.97. The fraction of sp³-hybridized carbons (Fsp3) is 0.733. The van der Waals surface area contributed by atoms with E-state index in [0.29, 0.717) is 12.1 Å². The largest absolute Gasteiger partial charge is 0.338 e. The molecule has 0 bridgehead atoms. The summed E-state index contributed by atoms with van der Waals surface area (Å²) in [4.78, 5) is 11.6. The van der Waals surface area contributed by atoms with Crippen LogP contribution in [-0.4, -0.2) is 28.6 Å². The van der Waals surface area contributed by atoms with Gasteiger partial charge in [-0.2, -0.15) is 0 Å². The molecule has 4 nitrogen and oxygen atoms in total. The summed E-state index contributed by atoms with van der Waals surface area (Å²) in [5.74, 6) is 1.63. The zero-order valence-corrected chi connectivity index (χ0v) is 12.8. The first-order valence-electron chi connectivity index (χ1n) is 7.30. The van der Waals surface area contributed by atoms with Gasteiger partial charge in [-0.15, -0.1) is 0 Å². The maximum absolute atomic E-state index is 4.69. The highest BCUT2D eigenvalue weighted by Crippen LogP contribution is 2.26. The Morgan fingerprint density at radius 1 is 1.42 bits per heavy atom. The predicted octanol–water partition coefficient (Wildman–Crippen LogP) is 2.52. The lowest BCUT2D eigenvalue weighted by Crippen LogP contribution is -2.29. The molecule has 0 amide bonds. The van der Waals surface area contributed by atoms with Gasteiger partial charge in [0.15, 0.2) is 0 Å². The summed E-state index contributed by atoms with van der Waals surface area (Å²) in [6.07, 6.45) is 3.21. The van der Waals surface area contributed by atoms with Crippen LogP contribution in [0.5, 0.6) is 0 Å². The van der Waals surface area contributed by atoms with Crippen molar-refractivity contribution >= 4 is 5.95 Å². The highest BCUT2D eigenvalue weighted by Gasteiger charge is 2.28. The third-order valence-corrected chi connectivity index (χ3v) is 3.81. The Hall–Kier alpha value is -1.16. The quantitative estimate of drug-likeness (QED) is 0.905. The van der Waals surface area contributed by atoms with Crippen molar-refractivity contribution < 1.29 is 0 Å². The second-order valence-electron chi connectivity index (χ2n) is 6.16. The van der Waals surface area contributed by atoms with Crippen molar-refractivity contribution in [3.05, 3.63) is 17.5 Å². The molecule has 2 unspecified atom stereocenters. The number of aromatic nitrogens is 2. The van der Waals surface area contributed by atoms with Crippen LogP contribution in [0.4, 0.5) is 5.95 Å². The van der Waals surface area contributed by atoms with Gasteiger partial charge in [0, 0.05) is 42.6 Å². The molecule has 0 spiro atoms. The molecular formula is C15H26N4. The number of rotatable bonds is 4. The first kappa shape index (κ1) is 14.3. The molecule has 2 rings (SSSR count). The summed E-state index contributed by atoms with van der Waals surface area (Å²) in [5, 5.41) is 3.41. The molecule has 1 aliphatic rings. The Morgan fingerprint density at radius 3 is 2.68 bits per heavy atom. The van der Waals surface area contributed by atoms with Gasteiger partial charge < -0.3 is 10.2 Å². The number of hydrogen-bond acceptors (Lipinski definition) is 4. The van der Waals surface area contributed by atoms with Crippen molar-refractivity contribution in [1.29, 1.82) is 0 Å². The molecule has 106 valence electrons. The minimum atomic E-state index is 0.485. The normalized spacial score (nSPS) is 23.4. The Morgan fingerprint density at radius 2 is 2.16 bits per heavy atom. The lowest BCUT2D eigenvalue weighted by molar-refractivity contribution is 0.584. The molecule has 4 heteroatoms. The van der Waals surface area contributed by atoms with E-state index in [2.05, 4.69) is 49.8 Å². The van der Waals surface area contributed by atoms with Gasteiger partial charge >= 0.3 is 0 Å². The van der Waals surface area contributed by atoms with E-state index in [1.54, 1.807) is 0 Å². The number of aryl methyl sites for hydroxylation is 1. The average molecular weight is 262 g/mol. The number of nitrogens with one attached hydrogen (secondary N) is 1. The lowest BCUT2D eigenvalue weighted by Gasteiger charge is -2.22. The molecule has 0 radical (unpaired) electrons. The summed E-state index contributed by atoms with van der Waals surface area (Å²) >= 11 is 0. The average Bonchev–Trinajstić information content (AvgIpc) is 2.66. The van der Waals surface area contributed by atoms with E-state index < -0.39 is 0 Å². The molecule has 1 fully saturated rings. The molecule has 1 aromatic rings. The maximum atomic E-state index is 4.69. The smallest absolute Gasteiger partial charge is 0.225 e. The summed E-state index contributed by atoms with van der Waals surface area (Å²) in [6, 6.07) is 1.03. The van der Waals surface area contributed by atoms with Crippen molar-refractivity contribution in [2.24, 2.45) is 5.92 Å². The van der Waals surface area contributed by atoms with E-state index in [0.717, 1.165) is 30.6 Å². The van der Waals surface area contributed by atoms with Crippen LogP contribution in [0.3, 0.4) is 0 Å². The fourth-order valence-corrected chi connectivity index (χ4v) is 2.68. The van der Waals surface area contributed by atoms with E-state index in [4.69, 9.17) is 4.98 Å². The second-order valence-corrected chi connectivity index (χ2v) is 6.16. The zero-order chi connectivity index (χ0) is 14.0. The van der Waals surface area contributed by atoms with Crippen LogP contribution in [-0.2, 0) is 6.54 Å². The summed E-state index contributed by atoms with van der Waals surface area (Å²) < 4.78 is 0. The Balaban J connectivity index is 2.10. The Kier molecular flexibility index (Phi) is 4.40. The van der Waals surface area contributed by atoms with E-state index in [9.17, 15) is 0 Å². The van der Waals surface area contributed by atoms with Crippen LogP contribution >= 0.6 is 0 Å². The molecule has 2 atom stereocenters. The third kappa shape index (κ3) is 3.44. The van der Waals surface area contributed by atoms with Crippen LogP contribution in [0.1, 0.15) is 45.4 Å². The van der Waals surface area contributed by atoms with Crippen LogP contribution < -0.4 is 10.2 Å². The van der Waals surface area contributed by atoms with Crippen LogP contribution in [0.25, 0.3) is 0 Å². The van der Waals surface area contributed by atoms with Gasteiger partial charge in [-0.1, -0.05) is 20.8 Å². The van der Waals surface area contributed by atoms with Gasteiger partial charge in [0.05, 0.1) is 0 Å². The minimum absolute atomic E-state index is 0.485. The lowest BCUT2D eigenvalue weighted by atomic mass is 10.1. The molecule has 0 aliphatic carbocycles. The SMILES string of the molecule is Cc1nc(N2CC(C)CC2C)ncc1CNC(C)C. The topological polar surface area (TPSA) is 41.1 Å². The van der Waals surface area contributed by atoms with E-state index in [1.165, 1.54) is 12.0 Å². The van der Waals surface area contributed by atoms with Crippen molar-refractivity contribution in [2.75, 3.05) is 11.4 Å². The molecule has 19 heavy (non-hydrogen) atoms. The first-order valence-corrected chi connectivity index (χ1v) is 7.30. The van der Waals surface area contributed by atoms with Crippen LogP contribution in [0.15, 0.2) is 6.20 Å². The van der Waals surface area contributed by atoms with Gasteiger partial charge in [-0.25, -0.2) is 9.97 Å². The van der Waals surface area contributed by atoms with Crippen molar-refractivity contribution in [3.8, 4) is 0 Å². The maximum Gasteiger partial charge on any atom is 0.225 e. The number of nitrogens with zero attached hydrogens (tertiary/aromatic N) is 3. The molecule has 1 N–H and O–H groups in total. The molecule has 1 aliphatic heterocycles. The Bertz CT molecular complexity index is 430. The van der Waals surface area contributed by atoms with Gasteiger partial charge in [0.2, 0.25) is 5.95 Å². The summed E-state index contributed by atoms with van der Waals surface area (Å²) in [5.41, 5.74) is 2.28. The molecule has 1 saturated heterocycles. The van der Waals surface area contributed by atoms with Gasteiger partial charge in [-0.05, 0) is 26.2 Å². The number of hydrogen-bond donors (Lipinski definition) is 1. The predicted molar refractivity (Wildman–Crippen MR) is 79.3 cm³/mol. The van der Waals surface area contributed by atoms with Gasteiger partial charge in [0.1, 0.15) is 0 Å². The van der Waals surface area contributed by atoms with E-state index >= 15 is 0 Å². The van der Waals surface area contributed by atoms with Gasteiger partial charge in [0.25, 0.3) is 0 Å². The molecular weight excluding hydrogens is 236 g/mol. The summed E-state index contributed by atoms with van der Waals surface area (Å²) in [7, 11) is 0. The van der Waals surface area contributed by atoms with E-state index in [1.807, 2.05) is 6.20 Å². The second kappa shape index (κ2) is 5.87. The Labute approximate surface area is 116 Å². The van der Waals surface area contributed by atoms with Crippen molar-refractivity contribution in [2.45, 2.75) is 59.7 Å².